The van der Waals surface area contributed by atoms with Crippen molar-refractivity contribution in [3.63, 3.8) is 0 Å². The number of amides is 2. The third kappa shape index (κ3) is 4.57. The smallest absolute Gasteiger partial charge is 0.332 e. The summed E-state index contributed by atoms with van der Waals surface area (Å²) in [6.45, 7) is 0.396. The van der Waals surface area contributed by atoms with Gasteiger partial charge in [0.05, 0.1) is 17.8 Å². The number of hydrogen-bond donors (Lipinski definition) is 2. The predicted molar refractivity (Wildman–Crippen MR) is 109 cm³/mol. The molecule has 0 radical (unpaired) electrons. The van der Waals surface area contributed by atoms with E-state index in [1.165, 1.54) is 6.21 Å². The number of hydrogen-bond acceptors (Lipinski definition) is 4. The fourth-order valence-electron chi connectivity index (χ4n) is 2.69. The molecule has 0 aromatic heterocycles. The van der Waals surface area contributed by atoms with Crippen LogP contribution in [0.5, 0.6) is 11.5 Å². The second kappa shape index (κ2) is 8.55. The molecule has 0 saturated heterocycles. The van der Waals surface area contributed by atoms with Crippen LogP contribution in [0.25, 0.3) is 10.8 Å². The molecule has 3 aromatic rings. The summed E-state index contributed by atoms with van der Waals surface area (Å²) in [6, 6.07) is 17.1. The molecule has 0 atom stereocenters. The van der Waals surface area contributed by atoms with Crippen LogP contribution in [0.2, 0.25) is 0 Å². The van der Waals surface area contributed by atoms with Gasteiger partial charge in [0.1, 0.15) is 6.61 Å². The Morgan fingerprint density at radius 1 is 1.22 bits per heavy atom. The van der Waals surface area contributed by atoms with Crippen molar-refractivity contribution in [2.45, 2.75) is 6.61 Å². The first kappa shape index (κ1) is 18.7. The minimum Gasteiger partial charge on any atom is -0.493 e. The summed E-state index contributed by atoms with van der Waals surface area (Å²) < 4.78 is 12.2. The zero-order valence-electron chi connectivity index (χ0n) is 14.6. The lowest BCUT2D eigenvalue weighted by molar-refractivity contribution is 0.249. The number of rotatable bonds is 6. The maximum Gasteiger partial charge on any atom is 0.332 e. The minimum atomic E-state index is -0.729. The summed E-state index contributed by atoms with van der Waals surface area (Å²) in [5.74, 6) is 1.13. The van der Waals surface area contributed by atoms with E-state index < -0.39 is 6.03 Å². The fraction of sp³-hybridized carbons (Fsp3) is 0.100. The van der Waals surface area contributed by atoms with E-state index >= 15 is 0 Å². The number of nitrogens with one attached hydrogen (secondary N) is 1. The molecule has 0 unspecified atom stereocenters. The quantitative estimate of drug-likeness (QED) is 0.456. The van der Waals surface area contributed by atoms with E-state index in [1.54, 1.807) is 13.2 Å². The molecule has 0 bridgehead atoms. The SMILES string of the molecule is COc1cc(/C=N/NC(N)=O)cc(Br)c1OCc1cccc2ccccc12. The Kier molecular flexibility index (Phi) is 5.93. The molecule has 3 N–H and O–H groups in total. The topological polar surface area (TPSA) is 85.9 Å². The van der Waals surface area contributed by atoms with Crippen molar-refractivity contribution in [1.29, 1.82) is 0 Å². The number of methoxy groups -OCH3 is 1. The molecule has 0 spiro atoms. The highest BCUT2D eigenvalue weighted by Gasteiger charge is 2.12. The van der Waals surface area contributed by atoms with Gasteiger partial charge in [-0.25, -0.2) is 10.2 Å². The summed E-state index contributed by atoms with van der Waals surface area (Å²) in [5.41, 5.74) is 8.93. The van der Waals surface area contributed by atoms with Crippen LogP contribution < -0.4 is 20.6 Å². The Hall–Kier alpha value is -3.06. The van der Waals surface area contributed by atoms with Crippen LogP contribution in [0.3, 0.4) is 0 Å². The highest BCUT2D eigenvalue weighted by Crippen LogP contribution is 2.37. The van der Waals surface area contributed by atoms with E-state index in [0.29, 0.717) is 28.1 Å². The molecule has 0 heterocycles. The summed E-state index contributed by atoms with van der Waals surface area (Å²) in [7, 11) is 1.56. The first-order chi connectivity index (χ1) is 13.1. The Balaban J connectivity index is 1.84. The summed E-state index contributed by atoms with van der Waals surface area (Å²) >= 11 is 3.50. The van der Waals surface area contributed by atoms with Gasteiger partial charge in [0.25, 0.3) is 0 Å². The Morgan fingerprint density at radius 2 is 2.00 bits per heavy atom. The first-order valence-electron chi connectivity index (χ1n) is 8.14. The number of primary amides is 1. The van der Waals surface area contributed by atoms with Crippen molar-refractivity contribution in [3.05, 3.63) is 70.2 Å². The standard InChI is InChI=1S/C20H18BrN3O3/c1-26-18-10-13(11-23-24-20(22)25)9-17(21)19(18)27-12-15-7-4-6-14-5-2-3-8-16(14)15/h2-11H,12H2,1H3,(H3,22,24,25)/b23-11+. The molecule has 138 valence electrons. The summed E-state index contributed by atoms with van der Waals surface area (Å²) in [5, 5.41) is 6.06. The van der Waals surface area contributed by atoms with Gasteiger partial charge in [-0.05, 0) is 50.0 Å². The van der Waals surface area contributed by atoms with Crippen molar-refractivity contribution in [3.8, 4) is 11.5 Å². The van der Waals surface area contributed by atoms with Crippen LogP contribution in [0.4, 0.5) is 4.79 Å². The number of nitrogens with zero attached hydrogens (tertiary/aromatic N) is 1. The zero-order valence-corrected chi connectivity index (χ0v) is 16.2. The number of carbonyl (C=O) groups excluding carboxylic acids is 1. The lowest BCUT2D eigenvalue weighted by atomic mass is 10.1. The molecule has 0 aliphatic carbocycles. The molecule has 0 fully saturated rings. The minimum absolute atomic E-state index is 0.396. The van der Waals surface area contributed by atoms with Gasteiger partial charge in [-0.3, -0.25) is 0 Å². The van der Waals surface area contributed by atoms with E-state index in [9.17, 15) is 4.79 Å². The highest BCUT2D eigenvalue weighted by molar-refractivity contribution is 9.10. The Bertz CT molecular complexity index is 1000. The van der Waals surface area contributed by atoms with E-state index in [0.717, 1.165) is 16.3 Å². The molecule has 0 aliphatic heterocycles. The number of fused-ring (bicyclic) bond motifs is 1. The maximum absolute atomic E-state index is 10.7. The van der Waals surface area contributed by atoms with Crippen LogP contribution in [0, 0.1) is 0 Å². The van der Waals surface area contributed by atoms with Crippen LogP contribution in [-0.2, 0) is 6.61 Å². The van der Waals surface area contributed by atoms with E-state index in [2.05, 4.69) is 44.7 Å². The monoisotopic (exact) mass is 427 g/mol. The zero-order chi connectivity index (χ0) is 19.2. The van der Waals surface area contributed by atoms with Crippen LogP contribution >= 0.6 is 15.9 Å². The van der Waals surface area contributed by atoms with Crippen molar-refractivity contribution in [2.24, 2.45) is 10.8 Å². The van der Waals surface area contributed by atoms with Gasteiger partial charge in [-0.15, -0.1) is 0 Å². The maximum atomic E-state index is 10.7. The van der Waals surface area contributed by atoms with Crippen LogP contribution in [-0.4, -0.2) is 19.4 Å². The van der Waals surface area contributed by atoms with Gasteiger partial charge in [-0.2, -0.15) is 5.10 Å². The third-order valence-electron chi connectivity index (χ3n) is 3.89. The second-order valence-corrected chi connectivity index (χ2v) is 6.55. The molecule has 3 aromatic carbocycles. The van der Waals surface area contributed by atoms with Gasteiger partial charge in [0.15, 0.2) is 11.5 Å². The highest BCUT2D eigenvalue weighted by atomic mass is 79.9. The van der Waals surface area contributed by atoms with Crippen molar-refractivity contribution < 1.29 is 14.3 Å². The van der Waals surface area contributed by atoms with Gasteiger partial charge in [0, 0.05) is 0 Å². The van der Waals surface area contributed by atoms with E-state index in [4.69, 9.17) is 15.2 Å². The van der Waals surface area contributed by atoms with Crippen LogP contribution in [0.15, 0.2) is 64.2 Å². The third-order valence-corrected chi connectivity index (χ3v) is 4.48. The molecule has 3 rings (SSSR count). The second-order valence-electron chi connectivity index (χ2n) is 5.70. The van der Waals surface area contributed by atoms with Gasteiger partial charge in [-0.1, -0.05) is 42.5 Å². The lowest BCUT2D eigenvalue weighted by Gasteiger charge is -2.14. The van der Waals surface area contributed by atoms with Crippen molar-refractivity contribution in [2.75, 3.05) is 7.11 Å². The molecular formula is C20H18BrN3O3. The number of nitrogens with two attached hydrogens (primary N) is 1. The predicted octanol–water partition coefficient (Wildman–Crippen LogP) is 4.19. The molecular weight excluding hydrogens is 410 g/mol. The van der Waals surface area contributed by atoms with Crippen molar-refractivity contribution >= 4 is 38.9 Å². The van der Waals surface area contributed by atoms with Crippen molar-refractivity contribution in [1.82, 2.24) is 5.43 Å². The fourth-order valence-corrected chi connectivity index (χ4v) is 3.27. The number of halogens is 1. The summed E-state index contributed by atoms with van der Waals surface area (Å²) in [4.78, 5) is 10.7. The lowest BCUT2D eigenvalue weighted by Crippen LogP contribution is -2.24. The first-order valence-corrected chi connectivity index (χ1v) is 8.93. The molecule has 0 aliphatic rings. The summed E-state index contributed by atoms with van der Waals surface area (Å²) in [6.07, 6.45) is 1.46. The number of ether oxygens (including phenoxy) is 2. The van der Waals surface area contributed by atoms with E-state index in [1.807, 2.05) is 30.3 Å². The molecule has 27 heavy (non-hydrogen) atoms. The number of urea groups is 1. The molecule has 7 heteroatoms. The molecule has 2 amide bonds. The molecule has 0 saturated carbocycles. The number of hydrazone groups is 1. The van der Waals surface area contributed by atoms with Gasteiger partial charge < -0.3 is 15.2 Å². The number of benzene rings is 3. The molecule has 6 nitrogen and oxygen atoms in total. The average Bonchev–Trinajstić information content (AvgIpc) is 2.66. The van der Waals surface area contributed by atoms with Gasteiger partial charge in [0.2, 0.25) is 0 Å². The number of carbonyl (C=O) groups is 1. The Morgan fingerprint density at radius 3 is 2.78 bits per heavy atom. The van der Waals surface area contributed by atoms with E-state index in [-0.39, 0.29) is 0 Å². The average molecular weight is 428 g/mol. The largest absolute Gasteiger partial charge is 0.493 e. The Labute approximate surface area is 165 Å². The van der Waals surface area contributed by atoms with Crippen LogP contribution in [0.1, 0.15) is 11.1 Å². The van der Waals surface area contributed by atoms with Gasteiger partial charge >= 0.3 is 6.03 Å². The normalized spacial score (nSPS) is 10.9.